The van der Waals surface area contributed by atoms with Gasteiger partial charge in [-0.05, 0) is 39.3 Å². The quantitative estimate of drug-likeness (QED) is 0.933. The minimum absolute atomic E-state index is 0.00356. The van der Waals surface area contributed by atoms with Crippen LogP contribution in [0.1, 0.15) is 28.1 Å². The monoisotopic (exact) mass is 271 g/mol. The molecule has 1 aromatic carbocycles. The molecule has 1 amide bonds. The fraction of sp³-hybridized carbons (Fsp3) is 0.375. The average Bonchev–Trinajstić information content (AvgIpc) is 2.60. The molecule has 0 saturated carbocycles. The summed E-state index contributed by atoms with van der Waals surface area (Å²) in [4.78, 5) is 12.2. The first kappa shape index (κ1) is 14.3. The summed E-state index contributed by atoms with van der Waals surface area (Å²) in [5.41, 5.74) is 6.12. The second kappa shape index (κ2) is 5.49. The molecule has 4 nitrogen and oxygen atoms in total. The molecule has 0 aliphatic carbocycles. The highest BCUT2D eigenvalue weighted by Gasteiger charge is 2.14. The zero-order valence-electron chi connectivity index (χ0n) is 12.7. The molecule has 2 rings (SSSR count). The molecule has 0 aliphatic rings. The van der Waals surface area contributed by atoms with E-state index in [0.29, 0.717) is 6.42 Å². The molecule has 0 atom stereocenters. The molecule has 0 radical (unpaired) electrons. The Bertz CT molecular complexity index is 656. The van der Waals surface area contributed by atoms with Gasteiger partial charge < -0.3 is 5.32 Å². The van der Waals surface area contributed by atoms with Crippen molar-refractivity contribution in [3.63, 3.8) is 0 Å². The van der Waals surface area contributed by atoms with E-state index < -0.39 is 0 Å². The highest BCUT2D eigenvalue weighted by atomic mass is 16.1. The third-order valence-electron chi connectivity index (χ3n) is 3.65. The van der Waals surface area contributed by atoms with E-state index in [-0.39, 0.29) is 5.91 Å². The van der Waals surface area contributed by atoms with Crippen molar-refractivity contribution in [1.29, 1.82) is 0 Å². The summed E-state index contributed by atoms with van der Waals surface area (Å²) in [7, 11) is 1.90. The van der Waals surface area contributed by atoms with Crippen LogP contribution < -0.4 is 5.32 Å². The smallest absolute Gasteiger partial charge is 0.228 e. The van der Waals surface area contributed by atoms with E-state index in [1.807, 2.05) is 51.6 Å². The maximum atomic E-state index is 12.2. The fourth-order valence-electron chi connectivity index (χ4n) is 2.38. The molecule has 0 fully saturated rings. The van der Waals surface area contributed by atoms with Gasteiger partial charge in [0, 0.05) is 24.0 Å². The van der Waals surface area contributed by atoms with E-state index in [0.717, 1.165) is 28.2 Å². The maximum Gasteiger partial charge on any atom is 0.228 e. The lowest BCUT2D eigenvalue weighted by atomic mass is 10.1. The van der Waals surface area contributed by atoms with Gasteiger partial charge in [0.05, 0.1) is 12.1 Å². The molecule has 1 N–H and O–H groups in total. The number of amides is 1. The van der Waals surface area contributed by atoms with Crippen LogP contribution in [-0.2, 0) is 18.3 Å². The van der Waals surface area contributed by atoms with Crippen molar-refractivity contribution in [1.82, 2.24) is 9.78 Å². The predicted molar refractivity (Wildman–Crippen MR) is 80.9 cm³/mol. The third kappa shape index (κ3) is 2.90. The lowest BCUT2D eigenvalue weighted by Gasteiger charge is -2.09. The number of aromatic nitrogens is 2. The molecule has 4 heteroatoms. The van der Waals surface area contributed by atoms with Crippen molar-refractivity contribution in [2.75, 3.05) is 5.32 Å². The van der Waals surface area contributed by atoms with Crippen molar-refractivity contribution in [2.24, 2.45) is 7.05 Å². The van der Waals surface area contributed by atoms with Crippen LogP contribution in [0, 0.1) is 27.7 Å². The maximum absolute atomic E-state index is 12.2. The Morgan fingerprint density at radius 2 is 1.95 bits per heavy atom. The zero-order chi connectivity index (χ0) is 14.9. The van der Waals surface area contributed by atoms with Gasteiger partial charge in [-0.2, -0.15) is 5.10 Å². The Kier molecular flexibility index (Phi) is 3.93. The number of anilines is 1. The van der Waals surface area contributed by atoms with Crippen LogP contribution in [0.4, 0.5) is 5.69 Å². The van der Waals surface area contributed by atoms with Gasteiger partial charge in [0.2, 0.25) is 5.91 Å². The largest absolute Gasteiger partial charge is 0.326 e. The highest BCUT2D eigenvalue weighted by molar-refractivity contribution is 5.93. The molecule has 0 aliphatic heterocycles. The number of hydrogen-bond donors (Lipinski definition) is 1. The minimum Gasteiger partial charge on any atom is -0.326 e. The van der Waals surface area contributed by atoms with Crippen LogP contribution in [-0.4, -0.2) is 15.7 Å². The SMILES string of the molecule is Cc1ccc(NC(=O)Cc2c(C)nn(C)c2C)c(C)c1. The third-order valence-corrected chi connectivity index (χ3v) is 3.65. The van der Waals surface area contributed by atoms with Gasteiger partial charge in [0.15, 0.2) is 0 Å². The number of rotatable bonds is 3. The van der Waals surface area contributed by atoms with Gasteiger partial charge in [0.1, 0.15) is 0 Å². The molecule has 2 aromatic rings. The number of carbonyl (C=O) groups is 1. The normalized spacial score (nSPS) is 10.7. The van der Waals surface area contributed by atoms with E-state index in [1.54, 1.807) is 0 Å². The lowest BCUT2D eigenvalue weighted by molar-refractivity contribution is -0.115. The van der Waals surface area contributed by atoms with E-state index in [1.165, 1.54) is 5.56 Å². The van der Waals surface area contributed by atoms with Gasteiger partial charge in [-0.15, -0.1) is 0 Å². The molecule has 106 valence electrons. The molecule has 0 spiro atoms. The first-order valence-corrected chi connectivity index (χ1v) is 6.74. The summed E-state index contributed by atoms with van der Waals surface area (Å²) in [6.07, 6.45) is 0.360. The second-order valence-corrected chi connectivity index (χ2v) is 5.32. The predicted octanol–water partition coefficient (Wildman–Crippen LogP) is 2.83. The van der Waals surface area contributed by atoms with Gasteiger partial charge >= 0.3 is 0 Å². The van der Waals surface area contributed by atoms with Gasteiger partial charge in [0.25, 0.3) is 0 Å². The number of aryl methyl sites for hydroxylation is 4. The molecule has 1 heterocycles. The minimum atomic E-state index is -0.00356. The highest BCUT2D eigenvalue weighted by Crippen LogP contribution is 2.18. The Labute approximate surface area is 119 Å². The standard InChI is InChI=1S/C16H21N3O/c1-10-6-7-15(11(2)8-10)17-16(20)9-14-12(3)18-19(5)13(14)4/h6-8H,9H2,1-5H3,(H,17,20). The first-order valence-electron chi connectivity index (χ1n) is 6.74. The van der Waals surface area contributed by atoms with Crippen molar-refractivity contribution in [2.45, 2.75) is 34.1 Å². The van der Waals surface area contributed by atoms with Crippen LogP contribution in [0.15, 0.2) is 18.2 Å². The number of nitrogens with one attached hydrogen (secondary N) is 1. The Morgan fingerprint density at radius 1 is 1.25 bits per heavy atom. The van der Waals surface area contributed by atoms with Crippen molar-refractivity contribution in [3.8, 4) is 0 Å². The second-order valence-electron chi connectivity index (χ2n) is 5.32. The number of hydrogen-bond acceptors (Lipinski definition) is 2. The molecule has 20 heavy (non-hydrogen) atoms. The first-order chi connectivity index (χ1) is 9.38. The lowest BCUT2D eigenvalue weighted by Crippen LogP contribution is -2.16. The van der Waals surface area contributed by atoms with E-state index in [4.69, 9.17) is 0 Å². The topological polar surface area (TPSA) is 46.9 Å². The van der Waals surface area contributed by atoms with Crippen molar-refractivity contribution >= 4 is 11.6 Å². The molecular formula is C16H21N3O. The van der Waals surface area contributed by atoms with Crippen LogP contribution in [0.3, 0.4) is 0 Å². The molecule has 0 unspecified atom stereocenters. The molecule has 1 aromatic heterocycles. The Hall–Kier alpha value is -2.10. The summed E-state index contributed by atoms with van der Waals surface area (Å²) in [5, 5.41) is 7.31. The Morgan fingerprint density at radius 3 is 2.50 bits per heavy atom. The van der Waals surface area contributed by atoms with Crippen molar-refractivity contribution in [3.05, 3.63) is 46.3 Å². The number of nitrogens with zero attached hydrogens (tertiary/aromatic N) is 2. The van der Waals surface area contributed by atoms with E-state index in [2.05, 4.69) is 16.5 Å². The van der Waals surface area contributed by atoms with Crippen LogP contribution in [0.25, 0.3) is 0 Å². The summed E-state index contributed by atoms with van der Waals surface area (Å²) >= 11 is 0. The molecule has 0 saturated heterocycles. The molecular weight excluding hydrogens is 250 g/mol. The van der Waals surface area contributed by atoms with E-state index >= 15 is 0 Å². The Balaban J connectivity index is 2.13. The van der Waals surface area contributed by atoms with Crippen LogP contribution in [0.2, 0.25) is 0 Å². The number of carbonyl (C=O) groups excluding carboxylic acids is 1. The number of benzene rings is 1. The summed E-state index contributed by atoms with van der Waals surface area (Å²) in [5.74, 6) is -0.00356. The molecule has 0 bridgehead atoms. The summed E-state index contributed by atoms with van der Waals surface area (Å²) < 4.78 is 1.81. The van der Waals surface area contributed by atoms with Gasteiger partial charge in [-0.25, -0.2) is 0 Å². The van der Waals surface area contributed by atoms with Crippen molar-refractivity contribution < 1.29 is 4.79 Å². The fourth-order valence-corrected chi connectivity index (χ4v) is 2.38. The van der Waals surface area contributed by atoms with Crippen LogP contribution >= 0.6 is 0 Å². The van der Waals surface area contributed by atoms with Gasteiger partial charge in [-0.1, -0.05) is 17.7 Å². The summed E-state index contributed by atoms with van der Waals surface area (Å²) in [6.45, 7) is 7.97. The summed E-state index contributed by atoms with van der Waals surface area (Å²) in [6, 6.07) is 6.02. The van der Waals surface area contributed by atoms with Crippen LogP contribution in [0.5, 0.6) is 0 Å². The zero-order valence-corrected chi connectivity index (χ0v) is 12.7. The van der Waals surface area contributed by atoms with Gasteiger partial charge in [-0.3, -0.25) is 9.48 Å². The average molecular weight is 271 g/mol. The van der Waals surface area contributed by atoms with E-state index in [9.17, 15) is 4.79 Å².